The minimum absolute atomic E-state index is 0.0327. The zero-order valence-electron chi connectivity index (χ0n) is 14.4. The number of nitrogens with zero attached hydrogens (tertiary/aromatic N) is 1. The van der Waals surface area contributed by atoms with Gasteiger partial charge in [0, 0.05) is 35.5 Å². The number of thioether (sulfide) groups is 1. The number of aryl methyl sites for hydroxylation is 1. The first-order valence-corrected chi connectivity index (χ1v) is 9.24. The Morgan fingerprint density at radius 2 is 1.91 bits per heavy atom. The molecule has 0 fully saturated rings. The lowest BCUT2D eigenvalue weighted by molar-refractivity contribution is 0.0955. The van der Waals surface area contributed by atoms with Gasteiger partial charge in [0.1, 0.15) is 0 Å². The van der Waals surface area contributed by atoms with Crippen molar-refractivity contribution in [3.63, 3.8) is 0 Å². The molecule has 0 saturated heterocycles. The monoisotopic (exact) mass is 330 g/mol. The molecule has 0 saturated carbocycles. The van der Waals surface area contributed by atoms with Crippen LogP contribution in [0.5, 0.6) is 0 Å². The fourth-order valence-electron chi connectivity index (χ4n) is 2.90. The van der Waals surface area contributed by atoms with Gasteiger partial charge in [-0.1, -0.05) is 30.3 Å². The second-order valence-electron chi connectivity index (χ2n) is 6.04. The Hall–Kier alpha value is -1.68. The molecule has 0 aliphatic carbocycles. The zero-order chi connectivity index (χ0) is 16.8. The third-order valence-corrected chi connectivity index (χ3v) is 4.92. The van der Waals surface area contributed by atoms with Crippen LogP contribution in [0, 0.1) is 13.8 Å². The first-order chi connectivity index (χ1) is 11.0. The van der Waals surface area contributed by atoms with Gasteiger partial charge in [0.05, 0.1) is 5.56 Å². The second-order valence-corrected chi connectivity index (χ2v) is 7.15. The van der Waals surface area contributed by atoms with Gasteiger partial charge in [-0.25, -0.2) is 0 Å². The molecule has 0 aliphatic rings. The number of hydrogen-bond acceptors (Lipinski definition) is 2. The number of benzene rings is 1. The molecule has 0 aliphatic heterocycles. The molecular formula is C19H26N2OS. The predicted molar refractivity (Wildman–Crippen MR) is 99.2 cm³/mol. The molecule has 1 aromatic heterocycles. The molecule has 0 bridgehead atoms. The van der Waals surface area contributed by atoms with E-state index in [-0.39, 0.29) is 5.91 Å². The summed E-state index contributed by atoms with van der Waals surface area (Å²) in [7, 11) is 0. The van der Waals surface area contributed by atoms with Crippen LogP contribution in [0.25, 0.3) is 0 Å². The fraction of sp³-hybridized carbons (Fsp3) is 0.421. The summed E-state index contributed by atoms with van der Waals surface area (Å²) in [5, 5.41) is 3.03. The van der Waals surface area contributed by atoms with Crippen molar-refractivity contribution in [1.82, 2.24) is 9.88 Å². The number of nitrogens with one attached hydrogen (secondary N) is 1. The maximum atomic E-state index is 12.4. The van der Waals surface area contributed by atoms with Crippen LogP contribution >= 0.6 is 11.8 Å². The Bertz CT molecular complexity index is 647. The largest absolute Gasteiger partial charge is 0.351 e. The standard InChI is InChI=1S/C19H26N2OS/c1-14(2)21-15(3)12-18(16(21)4)19(22)20-10-11-23-13-17-8-6-5-7-9-17/h5-9,12,14H,10-11,13H2,1-4H3,(H,20,22). The third-order valence-electron chi connectivity index (χ3n) is 3.89. The molecule has 1 heterocycles. The van der Waals surface area contributed by atoms with Crippen LogP contribution in [0.3, 0.4) is 0 Å². The minimum Gasteiger partial charge on any atom is -0.351 e. The van der Waals surface area contributed by atoms with Gasteiger partial charge in [-0.3, -0.25) is 4.79 Å². The van der Waals surface area contributed by atoms with Crippen molar-refractivity contribution in [3.8, 4) is 0 Å². The van der Waals surface area contributed by atoms with Crippen molar-refractivity contribution < 1.29 is 4.79 Å². The van der Waals surface area contributed by atoms with Crippen LogP contribution in [0.4, 0.5) is 0 Å². The molecule has 0 atom stereocenters. The van der Waals surface area contributed by atoms with E-state index in [4.69, 9.17) is 0 Å². The average molecular weight is 330 g/mol. The van der Waals surface area contributed by atoms with Gasteiger partial charge >= 0.3 is 0 Å². The lowest BCUT2D eigenvalue weighted by atomic mass is 10.2. The van der Waals surface area contributed by atoms with Crippen molar-refractivity contribution in [2.45, 2.75) is 39.5 Å². The first kappa shape index (κ1) is 17.7. The summed E-state index contributed by atoms with van der Waals surface area (Å²) in [5.74, 6) is 1.94. The molecule has 0 radical (unpaired) electrons. The van der Waals surface area contributed by atoms with Gasteiger partial charge < -0.3 is 9.88 Å². The maximum absolute atomic E-state index is 12.4. The van der Waals surface area contributed by atoms with Gasteiger partial charge in [-0.05, 0) is 39.3 Å². The Kier molecular flexibility index (Phi) is 6.34. The summed E-state index contributed by atoms with van der Waals surface area (Å²) < 4.78 is 2.21. The van der Waals surface area contributed by atoms with Crippen LogP contribution in [-0.4, -0.2) is 22.8 Å². The smallest absolute Gasteiger partial charge is 0.253 e. The van der Waals surface area contributed by atoms with E-state index in [1.807, 2.05) is 30.8 Å². The summed E-state index contributed by atoms with van der Waals surface area (Å²) in [6.07, 6.45) is 0. The van der Waals surface area contributed by atoms with Crippen LogP contribution in [-0.2, 0) is 5.75 Å². The third kappa shape index (κ3) is 4.64. The van der Waals surface area contributed by atoms with Gasteiger partial charge in [-0.15, -0.1) is 0 Å². The molecule has 3 nitrogen and oxygen atoms in total. The van der Waals surface area contributed by atoms with E-state index in [1.165, 1.54) is 5.56 Å². The Labute approximate surface area is 143 Å². The molecule has 23 heavy (non-hydrogen) atoms. The second kappa shape index (κ2) is 8.25. The summed E-state index contributed by atoms with van der Waals surface area (Å²) in [4.78, 5) is 12.4. The number of rotatable bonds is 7. The highest BCUT2D eigenvalue weighted by Crippen LogP contribution is 2.20. The van der Waals surface area contributed by atoms with Crippen molar-refractivity contribution in [1.29, 1.82) is 0 Å². The lowest BCUT2D eigenvalue weighted by Crippen LogP contribution is -2.26. The van der Waals surface area contributed by atoms with E-state index >= 15 is 0 Å². The van der Waals surface area contributed by atoms with Crippen LogP contribution in [0.15, 0.2) is 36.4 Å². The minimum atomic E-state index is 0.0327. The highest BCUT2D eigenvalue weighted by molar-refractivity contribution is 7.98. The molecule has 4 heteroatoms. The highest BCUT2D eigenvalue weighted by Gasteiger charge is 2.16. The van der Waals surface area contributed by atoms with Gasteiger partial charge in [0.2, 0.25) is 0 Å². The lowest BCUT2D eigenvalue weighted by Gasteiger charge is -2.13. The van der Waals surface area contributed by atoms with E-state index in [0.29, 0.717) is 12.6 Å². The van der Waals surface area contributed by atoms with Crippen molar-refractivity contribution in [2.24, 2.45) is 0 Å². The summed E-state index contributed by atoms with van der Waals surface area (Å²) in [5.41, 5.74) is 4.31. The molecular weight excluding hydrogens is 304 g/mol. The van der Waals surface area contributed by atoms with E-state index in [1.54, 1.807) is 0 Å². The predicted octanol–water partition coefficient (Wildman–Crippen LogP) is 4.35. The highest BCUT2D eigenvalue weighted by atomic mass is 32.2. The Morgan fingerprint density at radius 3 is 2.52 bits per heavy atom. The number of hydrogen-bond donors (Lipinski definition) is 1. The maximum Gasteiger partial charge on any atom is 0.253 e. The van der Waals surface area contributed by atoms with Crippen molar-refractivity contribution in [3.05, 3.63) is 58.9 Å². The van der Waals surface area contributed by atoms with Gasteiger partial charge in [-0.2, -0.15) is 11.8 Å². The molecule has 2 aromatic rings. The Morgan fingerprint density at radius 1 is 1.22 bits per heavy atom. The van der Waals surface area contributed by atoms with Crippen LogP contribution < -0.4 is 5.32 Å². The van der Waals surface area contributed by atoms with Gasteiger partial charge in [0.25, 0.3) is 5.91 Å². The first-order valence-electron chi connectivity index (χ1n) is 8.09. The summed E-state index contributed by atoms with van der Waals surface area (Å²) in [6, 6.07) is 12.8. The molecule has 0 unspecified atom stereocenters. The SMILES string of the molecule is Cc1cc(C(=O)NCCSCc2ccccc2)c(C)n1C(C)C. The molecule has 1 aromatic carbocycles. The van der Waals surface area contributed by atoms with E-state index in [2.05, 4.69) is 54.9 Å². The topological polar surface area (TPSA) is 34.0 Å². The summed E-state index contributed by atoms with van der Waals surface area (Å²) >= 11 is 1.84. The van der Waals surface area contributed by atoms with Crippen molar-refractivity contribution >= 4 is 17.7 Å². The normalized spacial score (nSPS) is 11.0. The molecule has 1 N–H and O–H groups in total. The fourth-order valence-corrected chi connectivity index (χ4v) is 3.72. The van der Waals surface area contributed by atoms with Crippen LogP contribution in [0.2, 0.25) is 0 Å². The number of carbonyl (C=O) groups is 1. The van der Waals surface area contributed by atoms with Crippen molar-refractivity contribution in [2.75, 3.05) is 12.3 Å². The number of amides is 1. The quantitative estimate of drug-likeness (QED) is 0.766. The summed E-state index contributed by atoms with van der Waals surface area (Å²) in [6.45, 7) is 9.05. The van der Waals surface area contributed by atoms with Gasteiger partial charge in [0.15, 0.2) is 0 Å². The van der Waals surface area contributed by atoms with E-state index in [9.17, 15) is 4.79 Å². The molecule has 124 valence electrons. The molecule has 1 amide bonds. The zero-order valence-corrected chi connectivity index (χ0v) is 15.2. The number of carbonyl (C=O) groups excluding carboxylic acids is 1. The molecule has 2 rings (SSSR count). The average Bonchev–Trinajstić information content (AvgIpc) is 2.82. The van der Waals surface area contributed by atoms with Crippen LogP contribution in [0.1, 0.15) is 47.2 Å². The number of aromatic nitrogens is 1. The Balaban J connectivity index is 1.80. The van der Waals surface area contributed by atoms with E-state index in [0.717, 1.165) is 28.5 Å². The molecule has 0 spiro atoms. The van der Waals surface area contributed by atoms with E-state index < -0.39 is 0 Å².